The summed E-state index contributed by atoms with van der Waals surface area (Å²) in [6.07, 6.45) is 7.23. The van der Waals surface area contributed by atoms with Crippen LogP contribution < -0.4 is 10.1 Å². The van der Waals surface area contributed by atoms with Gasteiger partial charge in [0.15, 0.2) is 5.82 Å². The summed E-state index contributed by atoms with van der Waals surface area (Å²) in [6.45, 7) is 0.792. The van der Waals surface area contributed by atoms with Gasteiger partial charge in [0.25, 0.3) is 5.89 Å². The second-order valence-electron chi connectivity index (χ2n) is 7.02. The Morgan fingerprint density at radius 2 is 1.92 bits per heavy atom. The molecule has 2 aromatic rings. The lowest BCUT2D eigenvalue weighted by Crippen LogP contribution is -2.33. The molecule has 4 rings (SSSR count). The highest BCUT2D eigenvalue weighted by molar-refractivity contribution is 5.78. The van der Waals surface area contributed by atoms with Crippen LogP contribution in [0.25, 0.3) is 11.5 Å². The van der Waals surface area contributed by atoms with Crippen LogP contribution in [0.1, 0.15) is 44.3 Å². The summed E-state index contributed by atoms with van der Waals surface area (Å²) in [4.78, 5) is 16.4. The first-order chi connectivity index (χ1) is 12.3. The number of carbonyl (C=O) groups excluding carboxylic acids is 1. The van der Waals surface area contributed by atoms with E-state index >= 15 is 0 Å². The zero-order chi connectivity index (χ0) is 17.1. The number of rotatable bonds is 7. The number of benzene rings is 1. The normalized spacial score (nSPS) is 17.6. The van der Waals surface area contributed by atoms with Crippen molar-refractivity contribution in [2.45, 2.75) is 51.0 Å². The maximum atomic E-state index is 12.0. The third-order valence-electron chi connectivity index (χ3n) is 4.79. The van der Waals surface area contributed by atoms with Gasteiger partial charge in [-0.3, -0.25) is 4.79 Å². The zero-order valence-electron chi connectivity index (χ0n) is 14.2. The molecule has 0 unspecified atom stereocenters. The SMILES string of the molecule is O=C(Cc1noc(-c2ccc(OCC3CC3)cc2)n1)NC1CCCC1. The minimum absolute atomic E-state index is 0.0388. The van der Waals surface area contributed by atoms with Crippen molar-refractivity contribution in [2.24, 2.45) is 5.92 Å². The number of aromatic nitrogens is 2. The van der Waals surface area contributed by atoms with E-state index in [2.05, 4.69) is 15.5 Å². The highest BCUT2D eigenvalue weighted by atomic mass is 16.5. The largest absolute Gasteiger partial charge is 0.493 e. The monoisotopic (exact) mass is 341 g/mol. The fraction of sp³-hybridized carbons (Fsp3) is 0.526. The first kappa shape index (κ1) is 16.1. The Bertz CT molecular complexity index is 716. The van der Waals surface area contributed by atoms with Crippen molar-refractivity contribution in [3.63, 3.8) is 0 Å². The molecule has 1 aromatic heterocycles. The van der Waals surface area contributed by atoms with Gasteiger partial charge in [-0.15, -0.1) is 0 Å². The molecule has 2 saturated carbocycles. The molecule has 1 aromatic carbocycles. The molecule has 6 heteroatoms. The molecule has 0 aliphatic heterocycles. The van der Waals surface area contributed by atoms with Crippen molar-refractivity contribution in [3.05, 3.63) is 30.1 Å². The quantitative estimate of drug-likeness (QED) is 0.837. The lowest BCUT2D eigenvalue weighted by Gasteiger charge is -2.10. The van der Waals surface area contributed by atoms with E-state index in [0.29, 0.717) is 17.8 Å². The van der Waals surface area contributed by atoms with Gasteiger partial charge in [-0.25, -0.2) is 0 Å². The molecule has 0 bridgehead atoms. The molecule has 25 heavy (non-hydrogen) atoms. The average molecular weight is 341 g/mol. The third kappa shape index (κ3) is 4.38. The van der Waals surface area contributed by atoms with Crippen molar-refractivity contribution in [1.82, 2.24) is 15.5 Å². The molecule has 2 aliphatic carbocycles. The Kier molecular flexibility index (Phi) is 4.68. The lowest BCUT2D eigenvalue weighted by atomic mass is 10.2. The van der Waals surface area contributed by atoms with Crippen LogP contribution in [0.2, 0.25) is 0 Å². The Labute approximate surface area is 147 Å². The van der Waals surface area contributed by atoms with Crippen LogP contribution in [0.4, 0.5) is 0 Å². The van der Waals surface area contributed by atoms with E-state index in [0.717, 1.165) is 36.7 Å². The van der Waals surface area contributed by atoms with E-state index in [1.165, 1.54) is 25.7 Å². The molecule has 1 heterocycles. The van der Waals surface area contributed by atoms with E-state index < -0.39 is 0 Å². The van der Waals surface area contributed by atoms with Crippen molar-refractivity contribution >= 4 is 5.91 Å². The van der Waals surface area contributed by atoms with Gasteiger partial charge in [-0.2, -0.15) is 4.98 Å². The van der Waals surface area contributed by atoms with Gasteiger partial charge < -0.3 is 14.6 Å². The molecular weight excluding hydrogens is 318 g/mol. The van der Waals surface area contributed by atoms with Gasteiger partial charge in [0.1, 0.15) is 5.75 Å². The second kappa shape index (κ2) is 7.25. The molecule has 0 spiro atoms. The minimum Gasteiger partial charge on any atom is -0.493 e. The standard InChI is InChI=1S/C19H23N3O3/c23-18(20-15-3-1-2-4-15)11-17-21-19(25-22-17)14-7-9-16(10-8-14)24-12-13-5-6-13/h7-10,13,15H,1-6,11-12H2,(H,20,23). The molecule has 2 aliphatic rings. The molecule has 1 N–H and O–H groups in total. The number of hydrogen-bond donors (Lipinski definition) is 1. The van der Waals surface area contributed by atoms with Gasteiger partial charge >= 0.3 is 0 Å². The molecule has 6 nitrogen and oxygen atoms in total. The zero-order valence-corrected chi connectivity index (χ0v) is 14.2. The maximum absolute atomic E-state index is 12.0. The molecule has 132 valence electrons. The number of carbonyl (C=O) groups is 1. The number of nitrogens with zero attached hydrogens (tertiary/aromatic N) is 2. The van der Waals surface area contributed by atoms with E-state index in [1.807, 2.05) is 24.3 Å². The minimum atomic E-state index is -0.0388. The van der Waals surface area contributed by atoms with Crippen LogP contribution in [0.15, 0.2) is 28.8 Å². The van der Waals surface area contributed by atoms with E-state index in [4.69, 9.17) is 9.26 Å². The topological polar surface area (TPSA) is 77.2 Å². The Balaban J connectivity index is 1.32. The molecule has 1 amide bonds. The summed E-state index contributed by atoms with van der Waals surface area (Å²) >= 11 is 0. The van der Waals surface area contributed by atoms with Crippen molar-refractivity contribution in [1.29, 1.82) is 0 Å². The van der Waals surface area contributed by atoms with E-state index in [9.17, 15) is 4.79 Å². The van der Waals surface area contributed by atoms with Crippen LogP contribution in [0, 0.1) is 5.92 Å². The predicted octanol–water partition coefficient (Wildman–Crippen LogP) is 3.13. The summed E-state index contributed by atoms with van der Waals surface area (Å²) in [5, 5.41) is 6.95. The third-order valence-corrected chi connectivity index (χ3v) is 4.79. The fourth-order valence-electron chi connectivity index (χ4n) is 3.13. The molecular formula is C19H23N3O3. The Morgan fingerprint density at radius 1 is 1.16 bits per heavy atom. The fourth-order valence-corrected chi connectivity index (χ4v) is 3.13. The number of nitrogens with one attached hydrogen (secondary N) is 1. The van der Waals surface area contributed by atoms with Crippen LogP contribution >= 0.6 is 0 Å². The lowest BCUT2D eigenvalue weighted by molar-refractivity contribution is -0.121. The van der Waals surface area contributed by atoms with Gasteiger partial charge in [0.2, 0.25) is 5.91 Å². The summed E-state index contributed by atoms with van der Waals surface area (Å²) in [5.41, 5.74) is 0.828. The van der Waals surface area contributed by atoms with Crippen LogP contribution in [-0.4, -0.2) is 28.7 Å². The first-order valence-corrected chi connectivity index (χ1v) is 9.11. The van der Waals surface area contributed by atoms with Crippen LogP contribution in [0.5, 0.6) is 5.75 Å². The highest BCUT2D eigenvalue weighted by Gasteiger charge is 2.22. The summed E-state index contributed by atoms with van der Waals surface area (Å²) in [6, 6.07) is 7.93. The summed E-state index contributed by atoms with van der Waals surface area (Å²) in [5.74, 6) is 2.39. The van der Waals surface area contributed by atoms with Crippen molar-refractivity contribution in [3.8, 4) is 17.2 Å². The Morgan fingerprint density at radius 3 is 2.64 bits per heavy atom. The molecule has 0 saturated heterocycles. The number of amides is 1. The second-order valence-corrected chi connectivity index (χ2v) is 7.02. The molecule has 0 radical (unpaired) electrons. The summed E-state index contributed by atoms with van der Waals surface area (Å²) < 4.78 is 11.0. The van der Waals surface area contributed by atoms with Gasteiger partial charge in [-0.1, -0.05) is 18.0 Å². The van der Waals surface area contributed by atoms with Crippen molar-refractivity contribution in [2.75, 3.05) is 6.61 Å². The van der Waals surface area contributed by atoms with Crippen molar-refractivity contribution < 1.29 is 14.1 Å². The van der Waals surface area contributed by atoms with Gasteiger partial charge in [-0.05, 0) is 55.9 Å². The molecule has 2 fully saturated rings. The number of ether oxygens (including phenoxy) is 1. The first-order valence-electron chi connectivity index (χ1n) is 9.11. The number of hydrogen-bond acceptors (Lipinski definition) is 5. The van der Waals surface area contributed by atoms with E-state index in [-0.39, 0.29) is 12.3 Å². The highest BCUT2D eigenvalue weighted by Crippen LogP contribution is 2.30. The van der Waals surface area contributed by atoms with Gasteiger partial charge in [0.05, 0.1) is 13.0 Å². The Hall–Kier alpha value is -2.37. The average Bonchev–Trinajstić information content (AvgIpc) is 3.09. The molecule has 0 atom stereocenters. The van der Waals surface area contributed by atoms with Gasteiger partial charge in [0, 0.05) is 11.6 Å². The smallest absolute Gasteiger partial charge is 0.257 e. The van der Waals surface area contributed by atoms with Crippen LogP contribution in [-0.2, 0) is 11.2 Å². The predicted molar refractivity (Wildman–Crippen MR) is 92.1 cm³/mol. The maximum Gasteiger partial charge on any atom is 0.257 e. The summed E-state index contributed by atoms with van der Waals surface area (Å²) in [7, 11) is 0. The van der Waals surface area contributed by atoms with E-state index in [1.54, 1.807) is 0 Å². The van der Waals surface area contributed by atoms with Crippen LogP contribution in [0.3, 0.4) is 0 Å².